The molecule has 1 aliphatic rings. The quantitative estimate of drug-likeness (QED) is 0.639. The van der Waals surface area contributed by atoms with E-state index >= 15 is 0 Å². The number of ether oxygens (including phenoxy) is 1. The molecule has 2 aromatic rings. The van der Waals surface area contributed by atoms with Gasteiger partial charge in [0.15, 0.2) is 0 Å². The van der Waals surface area contributed by atoms with E-state index < -0.39 is 0 Å². The third-order valence-corrected chi connectivity index (χ3v) is 4.57. The molecule has 0 aliphatic carbocycles. The maximum Gasteiger partial charge on any atom is 0.238 e. The predicted octanol–water partition coefficient (Wildman–Crippen LogP) is 2.88. The Morgan fingerprint density at radius 2 is 1.88 bits per heavy atom. The first-order chi connectivity index (χ1) is 12.8. The molecule has 0 spiro atoms. The average molecular weight is 353 g/mol. The van der Waals surface area contributed by atoms with E-state index in [1.54, 1.807) is 0 Å². The van der Waals surface area contributed by atoms with Crippen LogP contribution in [0.3, 0.4) is 0 Å². The molecule has 5 heteroatoms. The summed E-state index contributed by atoms with van der Waals surface area (Å²) in [6.45, 7) is 3.08. The van der Waals surface area contributed by atoms with Gasteiger partial charge in [-0.15, -0.1) is 0 Å². The van der Waals surface area contributed by atoms with Crippen LogP contribution >= 0.6 is 0 Å². The fraction of sp³-hybridized carbons (Fsp3) is 0.381. The van der Waals surface area contributed by atoms with Gasteiger partial charge in [-0.1, -0.05) is 61.9 Å². The van der Waals surface area contributed by atoms with Gasteiger partial charge in [-0.05, 0) is 24.5 Å². The summed E-state index contributed by atoms with van der Waals surface area (Å²) >= 11 is 0. The van der Waals surface area contributed by atoms with Gasteiger partial charge in [0, 0.05) is 11.6 Å². The first-order valence-corrected chi connectivity index (χ1v) is 9.34. The number of hydrazine groups is 1. The van der Waals surface area contributed by atoms with Crippen LogP contribution in [0, 0.1) is 0 Å². The zero-order valence-electron chi connectivity index (χ0n) is 15.2. The van der Waals surface area contributed by atoms with E-state index in [-0.39, 0.29) is 11.9 Å². The minimum atomic E-state index is -0.164. The van der Waals surface area contributed by atoms with Gasteiger partial charge >= 0.3 is 0 Å². The van der Waals surface area contributed by atoms with Crippen LogP contribution in [0.15, 0.2) is 54.6 Å². The Morgan fingerprint density at radius 3 is 2.69 bits per heavy atom. The first-order valence-electron chi connectivity index (χ1n) is 9.34. The highest BCUT2D eigenvalue weighted by Crippen LogP contribution is 2.29. The Labute approximate surface area is 155 Å². The second-order valence-corrected chi connectivity index (χ2v) is 6.56. The van der Waals surface area contributed by atoms with Gasteiger partial charge in [0.1, 0.15) is 18.4 Å². The fourth-order valence-corrected chi connectivity index (χ4v) is 3.24. The van der Waals surface area contributed by atoms with Crippen LogP contribution in [0.5, 0.6) is 5.75 Å². The van der Waals surface area contributed by atoms with Crippen molar-refractivity contribution in [2.75, 3.05) is 13.2 Å². The highest BCUT2D eigenvalue weighted by atomic mass is 16.5. The number of hydrogen-bond acceptors (Lipinski definition) is 4. The minimum absolute atomic E-state index is 0.0241. The van der Waals surface area contributed by atoms with E-state index in [1.807, 2.05) is 42.5 Å². The lowest BCUT2D eigenvalue weighted by Crippen LogP contribution is -2.44. The van der Waals surface area contributed by atoms with Crippen molar-refractivity contribution >= 4 is 5.91 Å². The van der Waals surface area contributed by atoms with Crippen molar-refractivity contribution in [1.82, 2.24) is 16.2 Å². The lowest BCUT2D eigenvalue weighted by Gasteiger charge is -2.13. The summed E-state index contributed by atoms with van der Waals surface area (Å²) in [5, 5.41) is 2.95. The van der Waals surface area contributed by atoms with Crippen molar-refractivity contribution < 1.29 is 9.53 Å². The standard InChI is InChI=1S/C21H27N3O2/c1-2-8-17-15-19(24-23-17)21(25)22-13-14-26-20-12-7-6-11-18(20)16-9-4-3-5-10-16/h3-7,9-12,17,19,23-24H,2,8,13-15H2,1H3,(H,22,25). The van der Waals surface area contributed by atoms with Gasteiger partial charge in [-0.2, -0.15) is 0 Å². The van der Waals surface area contributed by atoms with Gasteiger partial charge in [-0.3, -0.25) is 10.2 Å². The normalized spacial score (nSPS) is 19.3. The average Bonchev–Trinajstić information content (AvgIpc) is 3.15. The molecule has 2 aromatic carbocycles. The summed E-state index contributed by atoms with van der Waals surface area (Å²) in [5.41, 5.74) is 8.45. The zero-order chi connectivity index (χ0) is 18.2. The van der Waals surface area contributed by atoms with Gasteiger partial charge < -0.3 is 10.1 Å². The maximum absolute atomic E-state index is 12.2. The van der Waals surface area contributed by atoms with Crippen LogP contribution in [0.2, 0.25) is 0 Å². The molecule has 0 aromatic heterocycles. The number of carbonyl (C=O) groups excluding carboxylic acids is 1. The second kappa shape index (κ2) is 9.36. The second-order valence-electron chi connectivity index (χ2n) is 6.56. The van der Waals surface area contributed by atoms with Crippen LogP contribution < -0.4 is 20.9 Å². The monoisotopic (exact) mass is 353 g/mol. The molecule has 5 nitrogen and oxygen atoms in total. The van der Waals surface area contributed by atoms with E-state index in [0.29, 0.717) is 19.2 Å². The van der Waals surface area contributed by atoms with E-state index in [9.17, 15) is 4.79 Å². The molecule has 3 rings (SSSR count). The van der Waals surface area contributed by atoms with E-state index in [4.69, 9.17) is 4.74 Å². The number of carbonyl (C=O) groups is 1. The number of hydrogen-bond donors (Lipinski definition) is 3. The van der Waals surface area contributed by atoms with Crippen molar-refractivity contribution in [3.05, 3.63) is 54.6 Å². The molecule has 1 amide bonds. The lowest BCUT2D eigenvalue weighted by molar-refractivity contribution is -0.123. The lowest BCUT2D eigenvalue weighted by atomic mass is 10.1. The molecule has 3 N–H and O–H groups in total. The van der Waals surface area contributed by atoms with Gasteiger partial charge in [0.2, 0.25) is 5.91 Å². The topological polar surface area (TPSA) is 62.4 Å². The summed E-state index contributed by atoms with van der Waals surface area (Å²) in [4.78, 5) is 12.2. The summed E-state index contributed by atoms with van der Waals surface area (Å²) in [6.07, 6.45) is 3.02. The summed E-state index contributed by atoms with van der Waals surface area (Å²) < 4.78 is 5.91. The molecule has 1 aliphatic heterocycles. The Balaban J connectivity index is 1.47. The first kappa shape index (κ1) is 18.4. The van der Waals surface area contributed by atoms with Crippen molar-refractivity contribution in [2.24, 2.45) is 0 Å². The molecule has 1 heterocycles. The summed E-state index contributed by atoms with van der Waals surface area (Å²) in [7, 11) is 0. The molecule has 26 heavy (non-hydrogen) atoms. The molecule has 1 saturated heterocycles. The van der Waals surface area contributed by atoms with Gasteiger partial charge in [-0.25, -0.2) is 5.43 Å². The molecule has 0 bridgehead atoms. The number of nitrogens with one attached hydrogen (secondary N) is 3. The summed E-state index contributed by atoms with van der Waals surface area (Å²) in [5.74, 6) is 0.854. The molecular formula is C21H27N3O2. The number of para-hydroxylation sites is 1. The minimum Gasteiger partial charge on any atom is -0.491 e. The Kier molecular flexibility index (Phi) is 6.63. The van der Waals surface area contributed by atoms with Gasteiger partial charge in [0.25, 0.3) is 0 Å². The van der Waals surface area contributed by atoms with E-state index in [2.05, 4.69) is 35.2 Å². The molecule has 1 fully saturated rings. The highest BCUT2D eigenvalue weighted by Gasteiger charge is 2.28. The molecular weight excluding hydrogens is 326 g/mol. The van der Waals surface area contributed by atoms with Crippen molar-refractivity contribution in [2.45, 2.75) is 38.3 Å². The number of rotatable bonds is 8. The smallest absolute Gasteiger partial charge is 0.238 e. The molecule has 0 saturated carbocycles. The molecule has 0 radical (unpaired) electrons. The highest BCUT2D eigenvalue weighted by molar-refractivity contribution is 5.82. The zero-order valence-corrected chi connectivity index (χ0v) is 15.2. The van der Waals surface area contributed by atoms with E-state index in [0.717, 1.165) is 36.1 Å². The third-order valence-electron chi connectivity index (χ3n) is 4.57. The molecule has 2 unspecified atom stereocenters. The van der Waals surface area contributed by atoms with Crippen LogP contribution in [0.1, 0.15) is 26.2 Å². The number of amides is 1. The Morgan fingerprint density at radius 1 is 1.12 bits per heavy atom. The van der Waals surface area contributed by atoms with Crippen LogP contribution in [-0.4, -0.2) is 31.1 Å². The largest absolute Gasteiger partial charge is 0.491 e. The van der Waals surface area contributed by atoms with Crippen LogP contribution in [0.4, 0.5) is 0 Å². The number of benzene rings is 2. The Hall–Kier alpha value is -2.37. The van der Waals surface area contributed by atoms with E-state index in [1.165, 1.54) is 0 Å². The SMILES string of the molecule is CCCC1CC(C(=O)NCCOc2ccccc2-c2ccccc2)NN1. The molecule has 138 valence electrons. The maximum atomic E-state index is 12.2. The van der Waals surface area contributed by atoms with Crippen LogP contribution in [-0.2, 0) is 4.79 Å². The third kappa shape index (κ3) is 4.84. The fourth-order valence-electron chi connectivity index (χ4n) is 3.24. The van der Waals surface area contributed by atoms with Gasteiger partial charge in [0.05, 0.1) is 6.54 Å². The molecule has 2 atom stereocenters. The van der Waals surface area contributed by atoms with Crippen LogP contribution in [0.25, 0.3) is 11.1 Å². The Bertz CT molecular complexity index is 705. The predicted molar refractivity (Wildman–Crippen MR) is 104 cm³/mol. The summed E-state index contributed by atoms with van der Waals surface area (Å²) in [6, 6.07) is 18.3. The van der Waals surface area contributed by atoms with Crippen molar-refractivity contribution in [3.8, 4) is 16.9 Å². The van der Waals surface area contributed by atoms with Crippen molar-refractivity contribution in [3.63, 3.8) is 0 Å². The van der Waals surface area contributed by atoms with Crippen molar-refractivity contribution in [1.29, 1.82) is 0 Å².